The molecule has 0 saturated carbocycles. The van der Waals surface area contributed by atoms with Crippen LogP contribution in [0.3, 0.4) is 0 Å². The molecule has 2 unspecified atom stereocenters. The SMILES string of the molecule is CC/C=C/C=C/C=C/CCCCCCCCCC(=O)OC(COCCC(C(=O)[O-])[N+](C)(C)C)COC(=O)CCCCC/C=C/C=C/CCCCCCCCC. The Kier molecular flexibility index (Phi) is 35.9. The number of carbonyl (C=O) groups is 3. The van der Waals surface area contributed by atoms with E-state index in [4.69, 9.17) is 14.2 Å². The van der Waals surface area contributed by atoms with Crippen molar-refractivity contribution in [1.82, 2.24) is 0 Å². The summed E-state index contributed by atoms with van der Waals surface area (Å²) >= 11 is 0. The Hall–Kier alpha value is -2.97. The molecule has 0 aromatic rings. The number of carbonyl (C=O) groups excluding carboxylic acids is 3. The second kappa shape index (κ2) is 37.9. The molecule has 0 fully saturated rings. The molecule has 0 aliphatic carbocycles. The van der Waals surface area contributed by atoms with E-state index in [0.29, 0.717) is 12.8 Å². The van der Waals surface area contributed by atoms with E-state index in [-0.39, 0.29) is 42.7 Å². The zero-order valence-corrected chi connectivity index (χ0v) is 35.8. The molecular weight excluding hydrogens is 691 g/mol. The summed E-state index contributed by atoms with van der Waals surface area (Å²) in [5.74, 6) is -1.79. The predicted octanol–water partition coefficient (Wildman–Crippen LogP) is 10.5. The van der Waals surface area contributed by atoms with Crippen LogP contribution in [0.4, 0.5) is 0 Å². The maximum Gasteiger partial charge on any atom is 0.306 e. The molecule has 8 nitrogen and oxygen atoms in total. The summed E-state index contributed by atoms with van der Waals surface area (Å²) in [6.07, 6.45) is 45.3. The van der Waals surface area contributed by atoms with E-state index in [9.17, 15) is 19.5 Å². The van der Waals surface area contributed by atoms with Crippen LogP contribution < -0.4 is 5.11 Å². The average Bonchev–Trinajstić information content (AvgIpc) is 3.14. The molecule has 2 atom stereocenters. The molecule has 0 aromatic carbocycles. The second-order valence-electron chi connectivity index (χ2n) is 15.6. The molecule has 0 amide bonds. The monoisotopic (exact) mass is 772 g/mol. The smallest absolute Gasteiger partial charge is 0.306 e. The summed E-state index contributed by atoms with van der Waals surface area (Å²) in [7, 11) is 5.39. The summed E-state index contributed by atoms with van der Waals surface area (Å²) in [6.45, 7) is 4.47. The van der Waals surface area contributed by atoms with Crippen LogP contribution in [-0.2, 0) is 28.6 Å². The van der Waals surface area contributed by atoms with Gasteiger partial charge in [0.1, 0.15) is 12.6 Å². The van der Waals surface area contributed by atoms with Gasteiger partial charge in [-0.2, -0.15) is 0 Å². The number of ether oxygens (including phenoxy) is 3. The number of likely N-dealkylation sites (N-methyl/N-ethyl adjacent to an activating group) is 1. The van der Waals surface area contributed by atoms with Crippen molar-refractivity contribution in [3.8, 4) is 0 Å². The van der Waals surface area contributed by atoms with Gasteiger partial charge in [0.25, 0.3) is 0 Å². The first kappa shape index (κ1) is 52.0. The normalized spacial score (nSPS) is 13.5. The molecule has 0 aromatic heterocycles. The number of rotatable bonds is 38. The summed E-state index contributed by atoms with van der Waals surface area (Å²) in [5, 5.41) is 11.6. The van der Waals surface area contributed by atoms with Crippen molar-refractivity contribution in [3.05, 3.63) is 60.8 Å². The van der Waals surface area contributed by atoms with Crippen molar-refractivity contribution >= 4 is 17.9 Å². The van der Waals surface area contributed by atoms with Crippen molar-refractivity contribution in [2.45, 2.75) is 180 Å². The molecule has 0 rings (SSSR count). The lowest BCUT2D eigenvalue weighted by molar-refractivity contribution is -0.889. The minimum atomic E-state index is -1.13. The summed E-state index contributed by atoms with van der Waals surface area (Å²) < 4.78 is 17.1. The molecule has 0 radical (unpaired) electrons. The largest absolute Gasteiger partial charge is 0.544 e. The van der Waals surface area contributed by atoms with Gasteiger partial charge in [0.2, 0.25) is 0 Å². The average molecular weight is 772 g/mol. The fourth-order valence-electron chi connectivity index (χ4n) is 6.06. The number of carboxylic acids is 1. The first-order valence-electron chi connectivity index (χ1n) is 21.9. The third kappa shape index (κ3) is 36.4. The van der Waals surface area contributed by atoms with Crippen LogP contribution in [-0.4, -0.2) is 75.5 Å². The van der Waals surface area contributed by atoms with E-state index >= 15 is 0 Å². The van der Waals surface area contributed by atoms with E-state index in [2.05, 4.69) is 74.6 Å². The number of allylic oxidation sites excluding steroid dienone is 10. The molecule has 0 aliphatic heterocycles. The van der Waals surface area contributed by atoms with Gasteiger partial charge in [-0.25, -0.2) is 0 Å². The topological polar surface area (TPSA) is 102 Å². The van der Waals surface area contributed by atoms with Crippen LogP contribution in [0, 0.1) is 0 Å². The molecule has 0 heterocycles. The first-order valence-corrected chi connectivity index (χ1v) is 21.9. The number of esters is 2. The molecular formula is C47H81NO7. The fourth-order valence-corrected chi connectivity index (χ4v) is 6.06. The van der Waals surface area contributed by atoms with Crippen LogP contribution in [0.25, 0.3) is 0 Å². The maximum atomic E-state index is 12.7. The summed E-state index contributed by atoms with van der Waals surface area (Å²) in [4.78, 5) is 36.8. The highest BCUT2D eigenvalue weighted by Crippen LogP contribution is 2.13. The predicted molar refractivity (Wildman–Crippen MR) is 226 cm³/mol. The third-order valence-corrected chi connectivity index (χ3v) is 9.48. The van der Waals surface area contributed by atoms with Crippen molar-refractivity contribution < 1.29 is 38.2 Å². The Morgan fingerprint density at radius 2 is 1.02 bits per heavy atom. The van der Waals surface area contributed by atoms with E-state index in [1.165, 1.54) is 64.2 Å². The van der Waals surface area contributed by atoms with Gasteiger partial charge in [-0.1, -0.05) is 152 Å². The Balaban J connectivity index is 4.42. The van der Waals surface area contributed by atoms with E-state index in [0.717, 1.165) is 70.6 Å². The molecule has 0 N–H and O–H groups in total. The van der Waals surface area contributed by atoms with Crippen LogP contribution in [0.1, 0.15) is 168 Å². The molecule has 55 heavy (non-hydrogen) atoms. The minimum absolute atomic E-state index is 0.0249. The van der Waals surface area contributed by atoms with Gasteiger partial charge in [0.15, 0.2) is 6.10 Å². The van der Waals surface area contributed by atoms with Gasteiger partial charge in [0, 0.05) is 19.3 Å². The van der Waals surface area contributed by atoms with Crippen LogP contribution in [0.5, 0.6) is 0 Å². The highest BCUT2D eigenvalue weighted by Gasteiger charge is 2.25. The Morgan fingerprint density at radius 1 is 0.564 bits per heavy atom. The maximum absolute atomic E-state index is 12.7. The lowest BCUT2D eigenvalue weighted by Gasteiger charge is -2.34. The highest BCUT2D eigenvalue weighted by atomic mass is 16.6. The first-order chi connectivity index (χ1) is 26.6. The van der Waals surface area contributed by atoms with Gasteiger partial charge < -0.3 is 28.6 Å². The van der Waals surface area contributed by atoms with Crippen molar-refractivity contribution in [2.24, 2.45) is 0 Å². The number of nitrogens with zero attached hydrogens (tertiary/aromatic N) is 1. The van der Waals surface area contributed by atoms with Crippen LogP contribution in [0.2, 0.25) is 0 Å². The Bertz CT molecular complexity index is 1090. The summed E-state index contributed by atoms with van der Waals surface area (Å²) in [6, 6.07) is -0.734. The quantitative estimate of drug-likeness (QED) is 0.0266. The molecule has 0 saturated heterocycles. The zero-order chi connectivity index (χ0) is 40.7. The van der Waals surface area contributed by atoms with Crippen LogP contribution in [0.15, 0.2) is 60.8 Å². The lowest BCUT2D eigenvalue weighted by atomic mass is 10.1. The molecule has 0 spiro atoms. The lowest BCUT2D eigenvalue weighted by Crippen LogP contribution is -2.55. The van der Waals surface area contributed by atoms with Gasteiger partial charge in [-0.05, 0) is 57.8 Å². The molecule has 8 heteroatoms. The number of aliphatic carboxylic acids is 1. The van der Waals surface area contributed by atoms with E-state index in [1.54, 1.807) is 21.1 Å². The fraction of sp³-hybridized carbons (Fsp3) is 0.723. The van der Waals surface area contributed by atoms with Gasteiger partial charge in [-0.15, -0.1) is 0 Å². The second-order valence-corrected chi connectivity index (χ2v) is 15.6. The molecule has 0 bridgehead atoms. The molecule has 0 aliphatic rings. The van der Waals surface area contributed by atoms with Gasteiger partial charge in [-0.3, -0.25) is 9.59 Å². The highest BCUT2D eigenvalue weighted by molar-refractivity contribution is 5.70. The standard InChI is InChI=1S/C47H81NO7/c1-6-8-10-12-14-16-18-20-22-24-25-27-29-31-33-35-37-45(49)54-42-43(41-53-40-39-44(47(51)52)48(3,4)5)55-46(50)38-36-34-32-30-28-26-23-21-19-17-15-13-11-9-7-2/h9,11,13,15,17,19,22,24-25,27,43-44H,6-8,10,12,14,16,18,20-21,23,26,28-42H2,1-5H3/b11-9+,15-13+,19-17+,24-22+,27-25+. The number of unbranched alkanes of at least 4 members (excludes halogenated alkanes) is 17. The number of carboxylic acid groups (broad SMARTS) is 1. The van der Waals surface area contributed by atoms with Crippen molar-refractivity contribution in [2.75, 3.05) is 41.0 Å². The van der Waals surface area contributed by atoms with Crippen molar-refractivity contribution in [3.63, 3.8) is 0 Å². The number of quaternary nitrogens is 1. The minimum Gasteiger partial charge on any atom is -0.544 e. The van der Waals surface area contributed by atoms with Gasteiger partial charge >= 0.3 is 11.9 Å². The summed E-state index contributed by atoms with van der Waals surface area (Å²) in [5.41, 5.74) is 0. The Labute approximate surface area is 337 Å². The van der Waals surface area contributed by atoms with Gasteiger partial charge in [0.05, 0.1) is 40.3 Å². The Morgan fingerprint density at radius 3 is 1.53 bits per heavy atom. The van der Waals surface area contributed by atoms with E-state index < -0.39 is 18.1 Å². The van der Waals surface area contributed by atoms with E-state index in [1.807, 2.05) is 0 Å². The third-order valence-electron chi connectivity index (χ3n) is 9.48. The molecule has 316 valence electrons. The number of hydrogen-bond acceptors (Lipinski definition) is 7. The van der Waals surface area contributed by atoms with Crippen LogP contribution >= 0.6 is 0 Å². The van der Waals surface area contributed by atoms with Crippen molar-refractivity contribution in [1.29, 1.82) is 0 Å². The zero-order valence-electron chi connectivity index (χ0n) is 35.8. The number of hydrogen-bond donors (Lipinski definition) is 0.